The van der Waals surface area contributed by atoms with Gasteiger partial charge in [0.25, 0.3) is 0 Å². The molecule has 2 aliphatic heterocycles. The van der Waals surface area contributed by atoms with Crippen LogP contribution in [0, 0.1) is 5.92 Å². The first-order valence-corrected chi connectivity index (χ1v) is 10.2. The summed E-state index contributed by atoms with van der Waals surface area (Å²) in [4.78, 5) is 15.0. The van der Waals surface area contributed by atoms with Crippen LogP contribution in [0.1, 0.15) is 32.1 Å². The van der Waals surface area contributed by atoms with Gasteiger partial charge < -0.3 is 24.4 Å². The lowest BCUT2D eigenvalue weighted by Crippen LogP contribution is -2.54. The van der Waals surface area contributed by atoms with Crippen molar-refractivity contribution >= 4 is 18.3 Å². The van der Waals surface area contributed by atoms with Gasteiger partial charge in [0.1, 0.15) is 6.10 Å². The fraction of sp³-hybridized carbons (Fsp3) is 0.667. The number of hydrogen-bond donors (Lipinski definition) is 1. The molecule has 2 heterocycles. The zero-order valence-corrected chi connectivity index (χ0v) is 17.3. The SMILES string of the molecule is COc1ccccc1OC1CCN(C(=O)[C@H]2CC[C@H]3OCCN[C@@H]3C2)CC1.Cl. The van der Waals surface area contributed by atoms with Crippen LogP contribution in [0.2, 0.25) is 0 Å². The molecule has 7 heteroatoms. The number of fused-ring (bicyclic) bond motifs is 1. The zero-order valence-electron chi connectivity index (χ0n) is 16.5. The van der Waals surface area contributed by atoms with E-state index in [1.807, 2.05) is 29.2 Å². The van der Waals surface area contributed by atoms with E-state index in [1.165, 1.54) is 0 Å². The standard InChI is InChI=1S/C21H30N2O4.ClH/c1-25-19-4-2-3-5-20(19)27-16-8-11-23(12-9-16)21(24)15-6-7-18-17(14-15)22-10-13-26-18;/h2-5,15-18,22H,6-14H2,1H3;1H/t15-,17+,18+;/m0./s1. The highest BCUT2D eigenvalue weighted by atomic mass is 35.5. The number of amides is 1. The van der Waals surface area contributed by atoms with Crippen molar-refractivity contribution in [3.05, 3.63) is 24.3 Å². The number of hydrogen-bond acceptors (Lipinski definition) is 5. The fourth-order valence-corrected chi connectivity index (χ4v) is 4.58. The quantitative estimate of drug-likeness (QED) is 0.826. The van der Waals surface area contributed by atoms with E-state index >= 15 is 0 Å². The first-order valence-electron chi connectivity index (χ1n) is 10.2. The molecule has 1 N–H and O–H groups in total. The maximum Gasteiger partial charge on any atom is 0.225 e. The van der Waals surface area contributed by atoms with Crippen molar-refractivity contribution < 1.29 is 19.0 Å². The Labute approximate surface area is 173 Å². The van der Waals surface area contributed by atoms with Gasteiger partial charge in [-0.1, -0.05) is 12.1 Å². The average Bonchev–Trinajstić information content (AvgIpc) is 2.74. The number of methoxy groups -OCH3 is 1. The minimum absolute atomic E-state index is 0. The molecule has 4 rings (SSSR count). The van der Waals surface area contributed by atoms with Crippen molar-refractivity contribution in [3.63, 3.8) is 0 Å². The number of nitrogens with one attached hydrogen (secondary N) is 1. The largest absolute Gasteiger partial charge is 0.493 e. The predicted molar refractivity (Wildman–Crippen MR) is 109 cm³/mol. The number of benzene rings is 1. The molecule has 1 aliphatic carbocycles. The van der Waals surface area contributed by atoms with Gasteiger partial charge in [-0.05, 0) is 31.4 Å². The van der Waals surface area contributed by atoms with Crippen molar-refractivity contribution in [2.75, 3.05) is 33.4 Å². The van der Waals surface area contributed by atoms with E-state index in [2.05, 4.69) is 5.32 Å². The molecule has 2 saturated heterocycles. The number of carbonyl (C=O) groups is 1. The number of nitrogens with zero attached hydrogens (tertiary/aromatic N) is 1. The maximum atomic E-state index is 13.0. The van der Waals surface area contributed by atoms with Gasteiger partial charge >= 0.3 is 0 Å². The third-order valence-corrected chi connectivity index (χ3v) is 6.09. The number of para-hydroxylation sites is 2. The second-order valence-electron chi connectivity index (χ2n) is 7.77. The second-order valence-corrected chi connectivity index (χ2v) is 7.77. The Morgan fingerprint density at radius 1 is 1.14 bits per heavy atom. The van der Waals surface area contributed by atoms with Crippen LogP contribution in [-0.2, 0) is 9.53 Å². The molecule has 6 nitrogen and oxygen atoms in total. The van der Waals surface area contributed by atoms with Crippen LogP contribution in [0.3, 0.4) is 0 Å². The number of ether oxygens (including phenoxy) is 3. The molecule has 28 heavy (non-hydrogen) atoms. The summed E-state index contributed by atoms with van der Waals surface area (Å²) in [6.45, 7) is 3.23. The van der Waals surface area contributed by atoms with Gasteiger partial charge in [-0.25, -0.2) is 0 Å². The summed E-state index contributed by atoms with van der Waals surface area (Å²) in [5.41, 5.74) is 0. The average molecular weight is 411 g/mol. The summed E-state index contributed by atoms with van der Waals surface area (Å²) in [5.74, 6) is 1.99. The third kappa shape index (κ3) is 4.73. The van der Waals surface area contributed by atoms with Gasteiger partial charge in [-0.3, -0.25) is 4.79 Å². The van der Waals surface area contributed by atoms with Crippen molar-refractivity contribution in [3.8, 4) is 11.5 Å². The van der Waals surface area contributed by atoms with Crippen LogP contribution < -0.4 is 14.8 Å². The van der Waals surface area contributed by atoms with E-state index < -0.39 is 0 Å². The molecular formula is C21H31ClN2O4. The summed E-state index contributed by atoms with van der Waals surface area (Å²) >= 11 is 0. The lowest BCUT2D eigenvalue weighted by molar-refractivity contribution is -0.140. The van der Waals surface area contributed by atoms with E-state index in [9.17, 15) is 4.79 Å². The monoisotopic (exact) mass is 410 g/mol. The molecule has 3 atom stereocenters. The van der Waals surface area contributed by atoms with Crippen LogP contribution in [0.25, 0.3) is 0 Å². The van der Waals surface area contributed by atoms with E-state index in [0.29, 0.717) is 18.1 Å². The summed E-state index contributed by atoms with van der Waals surface area (Å²) < 4.78 is 17.3. The van der Waals surface area contributed by atoms with Gasteiger partial charge in [0.2, 0.25) is 5.91 Å². The Bertz CT molecular complexity index is 651. The Morgan fingerprint density at radius 3 is 2.64 bits per heavy atom. The molecular weight excluding hydrogens is 380 g/mol. The Morgan fingerprint density at radius 2 is 1.89 bits per heavy atom. The molecule has 0 unspecified atom stereocenters. The van der Waals surface area contributed by atoms with E-state index in [4.69, 9.17) is 14.2 Å². The van der Waals surface area contributed by atoms with Gasteiger partial charge in [0.05, 0.1) is 19.8 Å². The van der Waals surface area contributed by atoms with Crippen molar-refractivity contribution in [2.24, 2.45) is 5.92 Å². The minimum atomic E-state index is 0. The van der Waals surface area contributed by atoms with Gasteiger partial charge in [0.15, 0.2) is 11.5 Å². The lowest BCUT2D eigenvalue weighted by atomic mass is 9.82. The Hall–Kier alpha value is -1.50. The molecule has 3 fully saturated rings. The zero-order chi connectivity index (χ0) is 18.6. The van der Waals surface area contributed by atoms with Gasteiger partial charge in [-0.15, -0.1) is 12.4 Å². The van der Waals surface area contributed by atoms with Gasteiger partial charge in [0, 0.05) is 44.4 Å². The molecule has 1 aromatic carbocycles. The second kappa shape index (κ2) is 9.81. The third-order valence-electron chi connectivity index (χ3n) is 6.09. The number of carbonyl (C=O) groups excluding carboxylic acids is 1. The fourth-order valence-electron chi connectivity index (χ4n) is 4.58. The summed E-state index contributed by atoms with van der Waals surface area (Å²) in [6, 6.07) is 8.08. The van der Waals surface area contributed by atoms with Crippen molar-refractivity contribution in [1.82, 2.24) is 10.2 Å². The highest BCUT2D eigenvalue weighted by Crippen LogP contribution is 2.32. The predicted octanol–water partition coefficient (Wildman–Crippen LogP) is 2.64. The number of morpholine rings is 1. The van der Waals surface area contributed by atoms with Crippen molar-refractivity contribution in [2.45, 2.75) is 50.4 Å². The minimum Gasteiger partial charge on any atom is -0.493 e. The van der Waals surface area contributed by atoms with E-state index in [1.54, 1.807) is 7.11 Å². The van der Waals surface area contributed by atoms with E-state index in [0.717, 1.165) is 69.8 Å². The summed E-state index contributed by atoms with van der Waals surface area (Å²) in [6.07, 6.45) is 4.99. The lowest BCUT2D eigenvalue weighted by Gasteiger charge is -2.41. The highest BCUT2D eigenvalue weighted by molar-refractivity contribution is 5.85. The van der Waals surface area contributed by atoms with Crippen LogP contribution in [0.15, 0.2) is 24.3 Å². The highest BCUT2D eigenvalue weighted by Gasteiger charge is 2.38. The first kappa shape index (κ1) is 21.2. The molecule has 0 bridgehead atoms. The number of likely N-dealkylation sites (tertiary alicyclic amines) is 1. The van der Waals surface area contributed by atoms with Crippen LogP contribution in [0.5, 0.6) is 11.5 Å². The normalized spacial score (nSPS) is 28.0. The number of rotatable bonds is 4. The number of halogens is 1. The smallest absolute Gasteiger partial charge is 0.225 e. The maximum absolute atomic E-state index is 13.0. The van der Waals surface area contributed by atoms with Crippen molar-refractivity contribution in [1.29, 1.82) is 0 Å². The Balaban J connectivity index is 0.00000225. The number of piperidine rings is 1. The van der Waals surface area contributed by atoms with Gasteiger partial charge in [-0.2, -0.15) is 0 Å². The molecule has 1 amide bonds. The van der Waals surface area contributed by atoms with E-state index in [-0.39, 0.29) is 24.4 Å². The van der Waals surface area contributed by atoms with Crippen LogP contribution in [0.4, 0.5) is 0 Å². The molecule has 1 saturated carbocycles. The molecule has 0 spiro atoms. The Kier molecular flexibility index (Phi) is 7.43. The summed E-state index contributed by atoms with van der Waals surface area (Å²) in [7, 11) is 1.66. The molecule has 3 aliphatic rings. The molecule has 0 aromatic heterocycles. The topological polar surface area (TPSA) is 60.0 Å². The molecule has 156 valence electrons. The molecule has 1 aromatic rings. The summed E-state index contributed by atoms with van der Waals surface area (Å²) in [5, 5.41) is 3.53. The molecule has 0 radical (unpaired) electrons. The first-order chi connectivity index (χ1) is 13.2. The van der Waals surface area contributed by atoms with Crippen LogP contribution >= 0.6 is 12.4 Å². The van der Waals surface area contributed by atoms with Crippen LogP contribution in [-0.4, -0.2) is 62.4 Å².